The average Bonchev–Trinajstić information content (AvgIpc) is 2.67. The summed E-state index contributed by atoms with van der Waals surface area (Å²) in [6.45, 7) is 5.82. The SMILES string of the molecule is CC(C)CNc1ccc([N+](=O)[O-])c(N(c2ccccc2)N2CCNC(F)C2)n1. The van der Waals surface area contributed by atoms with Crippen LogP contribution in [0.2, 0.25) is 0 Å². The van der Waals surface area contributed by atoms with Crippen molar-refractivity contribution in [3.8, 4) is 0 Å². The molecular weight excluding hydrogens is 363 g/mol. The van der Waals surface area contributed by atoms with E-state index in [1.54, 1.807) is 16.1 Å². The number of nitrogens with zero attached hydrogens (tertiary/aromatic N) is 4. The van der Waals surface area contributed by atoms with Crippen molar-refractivity contribution >= 4 is 23.0 Å². The number of aromatic nitrogens is 1. The molecule has 3 rings (SSSR count). The first-order valence-corrected chi connectivity index (χ1v) is 9.32. The minimum atomic E-state index is -1.22. The number of nitrogens with one attached hydrogen (secondary N) is 2. The van der Waals surface area contributed by atoms with Gasteiger partial charge in [0.2, 0.25) is 5.82 Å². The number of rotatable bonds is 7. The van der Waals surface area contributed by atoms with Crippen LogP contribution in [0.4, 0.5) is 27.4 Å². The van der Waals surface area contributed by atoms with Crippen LogP contribution >= 0.6 is 0 Å². The Morgan fingerprint density at radius 1 is 1.36 bits per heavy atom. The number of para-hydroxylation sites is 1. The molecule has 0 aliphatic carbocycles. The lowest BCUT2D eigenvalue weighted by molar-refractivity contribution is -0.384. The van der Waals surface area contributed by atoms with Gasteiger partial charge in [-0.3, -0.25) is 20.4 Å². The standard InChI is InChI=1S/C19H25FN6O2/c1-14(2)12-22-18-9-8-16(26(27)28)19(23-18)25(15-6-4-3-5-7-15)24-11-10-21-17(20)13-24/h3-9,14,17,21H,10-13H2,1-2H3,(H,22,23). The van der Waals surface area contributed by atoms with E-state index in [2.05, 4.69) is 29.5 Å². The zero-order valence-electron chi connectivity index (χ0n) is 16.0. The second-order valence-electron chi connectivity index (χ2n) is 7.05. The first kappa shape index (κ1) is 20.0. The van der Waals surface area contributed by atoms with Crippen LogP contribution in [0.5, 0.6) is 0 Å². The molecule has 1 atom stereocenters. The number of alkyl halides is 1. The molecule has 0 radical (unpaired) electrons. The number of pyridine rings is 1. The van der Waals surface area contributed by atoms with E-state index >= 15 is 0 Å². The Labute approximate surface area is 163 Å². The highest BCUT2D eigenvalue weighted by Gasteiger charge is 2.31. The van der Waals surface area contributed by atoms with Crippen LogP contribution < -0.4 is 15.6 Å². The van der Waals surface area contributed by atoms with Gasteiger partial charge in [-0.25, -0.2) is 14.4 Å². The highest BCUT2D eigenvalue weighted by atomic mass is 19.1. The normalized spacial score (nSPS) is 17.5. The molecule has 2 aromatic rings. The quantitative estimate of drug-likeness (QED) is 0.427. The van der Waals surface area contributed by atoms with Crippen LogP contribution in [0.25, 0.3) is 0 Å². The summed E-state index contributed by atoms with van der Waals surface area (Å²) >= 11 is 0. The number of hydrogen-bond acceptors (Lipinski definition) is 7. The lowest BCUT2D eigenvalue weighted by atomic mass is 10.2. The largest absolute Gasteiger partial charge is 0.370 e. The third-order valence-electron chi connectivity index (χ3n) is 4.33. The molecule has 28 heavy (non-hydrogen) atoms. The summed E-state index contributed by atoms with van der Waals surface area (Å²) in [7, 11) is 0. The second kappa shape index (κ2) is 8.94. The van der Waals surface area contributed by atoms with E-state index in [9.17, 15) is 14.5 Å². The summed E-state index contributed by atoms with van der Waals surface area (Å²) in [5.41, 5.74) is 0.557. The van der Waals surface area contributed by atoms with E-state index in [4.69, 9.17) is 0 Å². The third-order valence-corrected chi connectivity index (χ3v) is 4.33. The Bertz CT molecular complexity index is 804. The molecular formula is C19H25FN6O2. The molecule has 1 aromatic heterocycles. The van der Waals surface area contributed by atoms with Crippen molar-refractivity contribution in [2.24, 2.45) is 5.92 Å². The fourth-order valence-corrected chi connectivity index (χ4v) is 3.01. The summed E-state index contributed by atoms with van der Waals surface area (Å²) < 4.78 is 14.0. The number of hydrazine groups is 1. The maximum Gasteiger partial charge on any atom is 0.313 e. The van der Waals surface area contributed by atoms with Crippen LogP contribution in [0.15, 0.2) is 42.5 Å². The number of benzene rings is 1. The van der Waals surface area contributed by atoms with Crippen LogP contribution in [0.1, 0.15) is 13.8 Å². The van der Waals surface area contributed by atoms with Gasteiger partial charge < -0.3 is 5.32 Å². The molecule has 150 valence electrons. The third kappa shape index (κ3) is 4.73. The predicted molar refractivity (Wildman–Crippen MR) is 107 cm³/mol. The number of hydrogen-bond donors (Lipinski definition) is 2. The van der Waals surface area contributed by atoms with E-state index < -0.39 is 11.2 Å². The molecule has 0 amide bonds. The van der Waals surface area contributed by atoms with E-state index in [0.29, 0.717) is 37.1 Å². The van der Waals surface area contributed by atoms with Crippen LogP contribution in [0.3, 0.4) is 0 Å². The lowest BCUT2D eigenvalue weighted by Crippen LogP contribution is -2.54. The van der Waals surface area contributed by atoms with Gasteiger partial charge in [0, 0.05) is 25.7 Å². The van der Waals surface area contributed by atoms with Crippen molar-refractivity contribution in [3.63, 3.8) is 0 Å². The van der Waals surface area contributed by atoms with Gasteiger partial charge in [-0.1, -0.05) is 32.0 Å². The van der Waals surface area contributed by atoms with Crippen molar-refractivity contribution in [2.75, 3.05) is 36.5 Å². The zero-order chi connectivity index (χ0) is 20.1. The number of nitro groups is 1. The topological polar surface area (TPSA) is 86.6 Å². The summed E-state index contributed by atoms with van der Waals surface area (Å²) in [4.78, 5) is 15.8. The fraction of sp³-hybridized carbons (Fsp3) is 0.421. The molecule has 1 aliphatic rings. The van der Waals surface area contributed by atoms with Gasteiger partial charge >= 0.3 is 5.69 Å². The average molecular weight is 388 g/mol. The van der Waals surface area contributed by atoms with Crippen LogP contribution in [-0.4, -0.2) is 47.4 Å². The van der Waals surface area contributed by atoms with Gasteiger partial charge in [0.25, 0.3) is 0 Å². The van der Waals surface area contributed by atoms with E-state index in [1.165, 1.54) is 6.07 Å². The first-order chi connectivity index (χ1) is 13.5. The highest BCUT2D eigenvalue weighted by Crippen LogP contribution is 2.35. The fourth-order valence-electron chi connectivity index (χ4n) is 3.01. The molecule has 0 bridgehead atoms. The minimum Gasteiger partial charge on any atom is -0.370 e. The van der Waals surface area contributed by atoms with Gasteiger partial charge in [-0.2, -0.15) is 0 Å². The summed E-state index contributed by atoms with van der Waals surface area (Å²) in [5.74, 6) is 1.10. The Balaban J connectivity index is 2.06. The molecule has 8 nitrogen and oxygen atoms in total. The summed E-state index contributed by atoms with van der Waals surface area (Å²) in [6.07, 6.45) is -1.22. The number of piperazine rings is 1. The van der Waals surface area contributed by atoms with E-state index in [1.807, 2.05) is 30.3 Å². The van der Waals surface area contributed by atoms with Gasteiger partial charge in [-0.15, -0.1) is 0 Å². The maximum absolute atomic E-state index is 14.0. The van der Waals surface area contributed by atoms with Gasteiger partial charge in [-0.05, 0) is 24.1 Å². The van der Waals surface area contributed by atoms with Crippen molar-refractivity contribution in [3.05, 3.63) is 52.6 Å². The molecule has 1 aromatic carbocycles. The van der Waals surface area contributed by atoms with Gasteiger partial charge in [0.1, 0.15) is 5.82 Å². The lowest BCUT2D eigenvalue weighted by Gasteiger charge is -2.39. The smallest absolute Gasteiger partial charge is 0.313 e. The summed E-state index contributed by atoms with van der Waals surface area (Å²) in [6, 6.07) is 12.2. The first-order valence-electron chi connectivity index (χ1n) is 9.32. The van der Waals surface area contributed by atoms with Crippen molar-refractivity contribution in [2.45, 2.75) is 20.1 Å². The second-order valence-corrected chi connectivity index (χ2v) is 7.05. The molecule has 2 N–H and O–H groups in total. The van der Waals surface area contributed by atoms with Gasteiger partial charge in [0.15, 0.2) is 6.30 Å². The molecule has 0 saturated carbocycles. The highest BCUT2D eigenvalue weighted by molar-refractivity contribution is 5.69. The minimum absolute atomic E-state index is 0.0668. The number of anilines is 3. The molecule has 9 heteroatoms. The Hall–Kier alpha value is -2.78. The Morgan fingerprint density at radius 2 is 2.11 bits per heavy atom. The van der Waals surface area contributed by atoms with Gasteiger partial charge in [0.05, 0.1) is 17.2 Å². The molecule has 1 fully saturated rings. The van der Waals surface area contributed by atoms with Crippen LogP contribution in [0, 0.1) is 16.0 Å². The molecule has 1 saturated heterocycles. The predicted octanol–water partition coefficient (Wildman–Crippen LogP) is 3.31. The Kier molecular flexibility index (Phi) is 6.37. The summed E-state index contributed by atoms with van der Waals surface area (Å²) in [5, 5.41) is 21.0. The van der Waals surface area contributed by atoms with E-state index in [-0.39, 0.29) is 18.1 Å². The van der Waals surface area contributed by atoms with E-state index in [0.717, 1.165) is 0 Å². The van der Waals surface area contributed by atoms with Crippen molar-refractivity contribution in [1.29, 1.82) is 0 Å². The molecule has 2 heterocycles. The van der Waals surface area contributed by atoms with Crippen molar-refractivity contribution in [1.82, 2.24) is 15.3 Å². The molecule has 1 unspecified atom stereocenters. The maximum atomic E-state index is 14.0. The number of halogens is 1. The zero-order valence-corrected chi connectivity index (χ0v) is 16.0. The molecule has 1 aliphatic heterocycles. The van der Waals surface area contributed by atoms with Crippen LogP contribution in [-0.2, 0) is 0 Å². The van der Waals surface area contributed by atoms with Crippen molar-refractivity contribution < 1.29 is 9.31 Å². The molecule has 0 spiro atoms. The Morgan fingerprint density at radius 3 is 2.75 bits per heavy atom. The monoisotopic (exact) mass is 388 g/mol.